The summed E-state index contributed by atoms with van der Waals surface area (Å²) in [6.45, 7) is 6.44. The summed E-state index contributed by atoms with van der Waals surface area (Å²) in [6, 6.07) is 0.749. The first-order chi connectivity index (χ1) is 6.24. The van der Waals surface area contributed by atoms with E-state index in [2.05, 4.69) is 19.2 Å². The standard InChI is InChI=1S/C11H24N2/c1-9(2)10-3-5-11(6-4-10)13-8-7-12/h9-11,13H,3-8,12H2,1-2H3/t10-,11-. The van der Waals surface area contributed by atoms with Crippen molar-refractivity contribution in [2.75, 3.05) is 13.1 Å². The molecular weight excluding hydrogens is 160 g/mol. The third kappa shape index (κ3) is 3.65. The van der Waals surface area contributed by atoms with Gasteiger partial charge in [-0.15, -0.1) is 0 Å². The van der Waals surface area contributed by atoms with Gasteiger partial charge >= 0.3 is 0 Å². The molecule has 0 spiro atoms. The topological polar surface area (TPSA) is 38.0 Å². The summed E-state index contributed by atoms with van der Waals surface area (Å²) in [5.41, 5.74) is 5.46. The number of hydrogen-bond donors (Lipinski definition) is 2. The minimum atomic E-state index is 0.749. The smallest absolute Gasteiger partial charge is 0.00770 e. The van der Waals surface area contributed by atoms with Crippen LogP contribution in [-0.2, 0) is 0 Å². The lowest BCUT2D eigenvalue weighted by Gasteiger charge is -2.31. The number of nitrogens with one attached hydrogen (secondary N) is 1. The molecule has 78 valence electrons. The quantitative estimate of drug-likeness (QED) is 0.698. The van der Waals surface area contributed by atoms with Gasteiger partial charge in [-0.1, -0.05) is 13.8 Å². The Bertz CT molecular complexity index is 126. The highest BCUT2D eigenvalue weighted by Gasteiger charge is 2.22. The number of hydrogen-bond acceptors (Lipinski definition) is 2. The molecule has 3 N–H and O–H groups in total. The Kier molecular flexibility index (Phi) is 4.74. The van der Waals surface area contributed by atoms with Crippen LogP contribution in [0.2, 0.25) is 0 Å². The molecule has 1 saturated carbocycles. The van der Waals surface area contributed by atoms with Crippen molar-refractivity contribution in [2.45, 2.75) is 45.6 Å². The van der Waals surface area contributed by atoms with E-state index in [1.54, 1.807) is 0 Å². The van der Waals surface area contributed by atoms with E-state index < -0.39 is 0 Å². The molecule has 0 atom stereocenters. The summed E-state index contributed by atoms with van der Waals surface area (Å²) in [7, 11) is 0. The third-order valence-electron chi connectivity index (χ3n) is 3.29. The predicted octanol–water partition coefficient (Wildman–Crippen LogP) is 1.75. The van der Waals surface area contributed by atoms with Gasteiger partial charge in [0.05, 0.1) is 0 Å². The summed E-state index contributed by atoms with van der Waals surface area (Å²) in [6.07, 6.45) is 5.51. The largest absolute Gasteiger partial charge is 0.329 e. The van der Waals surface area contributed by atoms with Gasteiger partial charge in [-0.05, 0) is 37.5 Å². The molecule has 1 fully saturated rings. The van der Waals surface area contributed by atoms with Crippen LogP contribution in [0.4, 0.5) is 0 Å². The van der Waals surface area contributed by atoms with Gasteiger partial charge in [-0.25, -0.2) is 0 Å². The molecule has 0 bridgehead atoms. The van der Waals surface area contributed by atoms with Gasteiger partial charge in [-0.2, -0.15) is 0 Å². The van der Waals surface area contributed by atoms with Crippen molar-refractivity contribution in [3.8, 4) is 0 Å². The van der Waals surface area contributed by atoms with Crippen molar-refractivity contribution in [1.29, 1.82) is 0 Å². The lowest BCUT2D eigenvalue weighted by atomic mass is 9.80. The fraction of sp³-hybridized carbons (Fsp3) is 1.00. The highest BCUT2D eigenvalue weighted by atomic mass is 14.9. The molecule has 2 nitrogen and oxygen atoms in total. The average molecular weight is 184 g/mol. The van der Waals surface area contributed by atoms with Crippen LogP contribution in [0.25, 0.3) is 0 Å². The molecule has 1 rings (SSSR count). The van der Waals surface area contributed by atoms with Crippen LogP contribution in [0.5, 0.6) is 0 Å². The van der Waals surface area contributed by atoms with E-state index in [9.17, 15) is 0 Å². The minimum absolute atomic E-state index is 0.749. The highest BCUT2D eigenvalue weighted by Crippen LogP contribution is 2.29. The predicted molar refractivity (Wildman–Crippen MR) is 57.6 cm³/mol. The number of nitrogens with two attached hydrogens (primary N) is 1. The third-order valence-corrected chi connectivity index (χ3v) is 3.29. The molecule has 0 heterocycles. The van der Waals surface area contributed by atoms with E-state index in [0.717, 1.165) is 31.0 Å². The van der Waals surface area contributed by atoms with Gasteiger partial charge in [-0.3, -0.25) is 0 Å². The molecule has 0 aliphatic heterocycles. The van der Waals surface area contributed by atoms with Crippen molar-refractivity contribution in [2.24, 2.45) is 17.6 Å². The maximum Gasteiger partial charge on any atom is 0.00770 e. The molecule has 0 aromatic heterocycles. The zero-order valence-electron chi connectivity index (χ0n) is 9.05. The normalized spacial score (nSPS) is 29.5. The first kappa shape index (κ1) is 11.0. The van der Waals surface area contributed by atoms with Crippen molar-refractivity contribution >= 4 is 0 Å². The fourth-order valence-corrected chi connectivity index (χ4v) is 2.28. The van der Waals surface area contributed by atoms with Crippen molar-refractivity contribution in [3.63, 3.8) is 0 Å². The molecule has 1 aliphatic carbocycles. The van der Waals surface area contributed by atoms with E-state index in [1.807, 2.05) is 0 Å². The van der Waals surface area contributed by atoms with Crippen LogP contribution in [0.15, 0.2) is 0 Å². The van der Waals surface area contributed by atoms with E-state index >= 15 is 0 Å². The van der Waals surface area contributed by atoms with Gasteiger partial charge in [0.25, 0.3) is 0 Å². The summed E-state index contributed by atoms with van der Waals surface area (Å²) < 4.78 is 0. The van der Waals surface area contributed by atoms with Crippen LogP contribution < -0.4 is 11.1 Å². The lowest BCUT2D eigenvalue weighted by molar-refractivity contribution is 0.240. The van der Waals surface area contributed by atoms with Gasteiger partial charge < -0.3 is 11.1 Å². The molecule has 13 heavy (non-hydrogen) atoms. The first-order valence-electron chi connectivity index (χ1n) is 5.67. The zero-order valence-corrected chi connectivity index (χ0v) is 9.05. The maximum absolute atomic E-state index is 5.46. The Hall–Kier alpha value is -0.0800. The summed E-state index contributed by atoms with van der Waals surface area (Å²) in [5, 5.41) is 3.51. The molecule has 0 unspecified atom stereocenters. The zero-order chi connectivity index (χ0) is 9.68. The van der Waals surface area contributed by atoms with Gasteiger partial charge in [0.15, 0.2) is 0 Å². The van der Waals surface area contributed by atoms with E-state index in [-0.39, 0.29) is 0 Å². The second-order valence-corrected chi connectivity index (χ2v) is 4.60. The molecule has 2 heteroatoms. The Morgan fingerprint density at radius 3 is 2.31 bits per heavy atom. The van der Waals surface area contributed by atoms with Gasteiger partial charge in [0.2, 0.25) is 0 Å². The second kappa shape index (κ2) is 5.61. The van der Waals surface area contributed by atoms with Crippen LogP contribution in [0, 0.1) is 11.8 Å². The molecule has 0 aromatic carbocycles. The molecule has 0 radical (unpaired) electrons. The Balaban J connectivity index is 2.15. The monoisotopic (exact) mass is 184 g/mol. The lowest BCUT2D eigenvalue weighted by Crippen LogP contribution is -2.36. The highest BCUT2D eigenvalue weighted by molar-refractivity contribution is 4.78. The van der Waals surface area contributed by atoms with E-state index in [4.69, 9.17) is 5.73 Å². The molecule has 1 aliphatic rings. The van der Waals surface area contributed by atoms with E-state index in [0.29, 0.717) is 0 Å². The summed E-state index contributed by atoms with van der Waals surface area (Å²) >= 11 is 0. The van der Waals surface area contributed by atoms with Crippen LogP contribution >= 0.6 is 0 Å². The Labute approximate surface area is 82.3 Å². The fourth-order valence-electron chi connectivity index (χ4n) is 2.28. The molecule has 0 saturated heterocycles. The van der Waals surface area contributed by atoms with Crippen molar-refractivity contribution in [3.05, 3.63) is 0 Å². The first-order valence-corrected chi connectivity index (χ1v) is 5.67. The summed E-state index contributed by atoms with van der Waals surface area (Å²) in [5.74, 6) is 1.84. The second-order valence-electron chi connectivity index (χ2n) is 4.60. The molecule has 0 amide bonds. The van der Waals surface area contributed by atoms with Crippen LogP contribution in [-0.4, -0.2) is 19.1 Å². The van der Waals surface area contributed by atoms with Gasteiger partial charge in [0.1, 0.15) is 0 Å². The molecule has 0 aromatic rings. The van der Waals surface area contributed by atoms with Crippen LogP contribution in [0.1, 0.15) is 39.5 Å². The maximum atomic E-state index is 5.46. The Morgan fingerprint density at radius 2 is 1.85 bits per heavy atom. The van der Waals surface area contributed by atoms with Crippen LogP contribution in [0.3, 0.4) is 0 Å². The average Bonchev–Trinajstić information content (AvgIpc) is 2.15. The Morgan fingerprint density at radius 1 is 1.23 bits per heavy atom. The van der Waals surface area contributed by atoms with E-state index in [1.165, 1.54) is 25.7 Å². The van der Waals surface area contributed by atoms with Crippen molar-refractivity contribution < 1.29 is 0 Å². The SMILES string of the molecule is CC(C)[C@H]1CC[C@H](NCCN)CC1. The van der Waals surface area contributed by atoms with Gasteiger partial charge in [0, 0.05) is 19.1 Å². The van der Waals surface area contributed by atoms with Crippen molar-refractivity contribution in [1.82, 2.24) is 5.32 Å². The molecular formula is C11H24N2. The minimum Gasteiger partial charge on any atom is -0.329 e. The summed E-state index contributed by atoms with van der Waals surface area (Å²) in [4.78, 5) is 0. The number of rotatable bonds is 4.